The first-order valence-corrected chi connectivity index (χ1v) is 5.46. The van der Waals surface area contributed by atoms with E-state index in [1.807, 2.05) is 6.92 Å². The van der Waals surface area contributed by atoms with Crippen LogP contribution in [0.5, 0.6) is 0 Å². The Hall–Kier alpha value is -0.940. The monoisotopic (exact) mass is 272 g/mol. The van der Waals surface area contributed by atoms with Gasteiger partial charge in [0.25, 0.3) is 0 Å². The second-order valence-corrected chi connectivity index (χ2v) is 3.95. The van der Waals surface area contributed by atoms with E-state index in [9.17, 15) is 4.79 Å². The summed E-state index contributed by atoms with van der Waals surface area (Å²) in [7, 11) is 0. The number of aliphatic hydroxyl groups excluding tert-OH is 1. The van der Waals surface area contributed by atoms with Crippen LogP contribution in [0.1, 0.15) is 18.5 Å². The molecule has 0 aliphatic heterocycles. The van der Waals surface area contributed by atoms with Crippen LogP contribution in [-0.2, 0) is 4.79 Å². The van der Waals surface area contributed by atoms with Gasteiger partial charge in [-0.15, -0.1) is 0 Å². The van der Waals surface area contributed by atoms with Gasteiger partial charge in [-0.3, -0.25) is 4.79 Å². The van der Waals surface area contributed by atoms with Crippen molar-refractivity contribution in [1.82, 2.24) is 4.98 Å². The van der Waals surface area contributed by atoms with E-state index in [4.69, 9.17) is 5.11 Å². The van der Waals surface area contributed by atoms with Gasteiger partial charge in [-0.1, -0.05) is 0 Å². The van der Waals surface area contributed by atoms with E-state index in [0.29, 0.717) is 18.5 Å². The van der Waals surface area contributed by atoms with Crippen LogP contribution in [0, 0.1) is 6.92 Å². The highest BCUT2D eigenvalue weighted by molar-refractivity contribution is 9.10. The number of amides is 1. The van der Waals surface area contributed by atoms with Gasteiger partial charge in [-0.2, -0.15) is 0 Å². The second-order valence-electron chi connectivity index (χ2n) is 3.14. The fourth-order valence-corrected chi connectivity index (χ4v) is 1.51. The number of halogens is 1. The summed E-state index contributed by atoms with van der Waals surface area (Å²) in [5.41, 5.74) is 1.47. The van der Waals surface area contributed by atoms with Crippen molar-refractivity contribution in [3.63, 3.8) is 0 Å². The lowest BCUT2D eigenvalue weighted by Gasteiger charge is -2.07. The van der Waals surface area contributed by atoms with Crippen molar-refractivity contribution in [3.8, 4) is 0 Å². The van der Waals surface area contributed by atoms with Gasteiger partial charge in [-0.25, -0.2) is 4.98 Å². The number of carbonyl (C=O) groups excluding carboxylic acids is 1. The van der Waals surface area contributed by atoms with Gasteiger partial charge in [-0.05, 0) is 41.4 Å². The highest BCUT2D eigenvalue weighted by Gasteiger charge is 2.05. The first-order chi connectivity index (χ1) is 7.13. The van der Waals surface area contributed by atoms with E-state index in [-0.39, 0.29) is 12.5 Å². The number of aromatic nitrogens is 1. The smallest absolute Gasteiger partial charge is 0.224 e. The zero-order chi connectivity index (χ0) is 11.3. The topological polar surface area (TPSA) is 62.2 Å². The van der Waals surface area contributed by atoms with Crippen molar-refractivity contribution in [3.05, 3.63) is 22.4 Å². The number of anilines is 1. The number of nitrogens with one attached hydrogen (secondary N) is 1. The first-order valence-electron chi connectivity index (χ1n) is 4.67. The lowest BCUT2D eigenvalue weighted by molar-refractivity contribution is -0.116. The van der Waals surface area contributed by atoms with Crippen LogP contribution in [0.15, 0.2) is 16.7 Å². The van der Waals surface area contributed by atoms with E-state index >= 15 is 0 Å². The molecule has 1 rings (SSSR count). The molecule has 0 aromatic carbocycles. The maximum atomic E-state index is 11.3. The maximum absolute atomic E-state index is 11.3. The fourth-order valence-electron chi connectivity index (χ4n) is 1.11. The van der Waals surface area contributed by atoms with Crippen LogP contribution < -0.4 is 5.32 Å². The molecule has 1 aromatic rings. The maximum Gasteiger partial charge on any atom is 0.224 e. The SMILES string of the molecule is Cc1nc(Br)ccc1NC(=O)CCCO. The molecule has 0 aliphatic rings. The summed E-state index contributed by atoms with van der Waals surface area (Å²) in [6.45, 7) is 1.86. The molecule has 0 atom stereocenters. The zero-order valence-electron chi connectivity index (χ0n) is 8.46. The highest BCUT2D eigenvalue weighted by atomic mass is 79.9. The molecule has 2 N–H and O–H groups in total. The Morgan fingerprint density at radius 1 is 1.60 bits per heavy atom. The number of hydrogen-bond acceptors (Lipinski definition) is 3. The molecule has 15 heavy (non-hydrogen) atoms. The third kappa shape index (κ3) is 3.97. The summed E-state index contributed by atoms with van der Waals surface area (Å²) in [5.74, 6) is -0.101. The largest absolute Gasteiger partial charge is 0.396 e. The molecule has 0 radical (unpaired) electrons. The molecule has 1 amide bonds. The number of carbonyl (C=O) groups is 1. The standard InChI is InChI=1S/C10H13BrN2O2/c1-7-8(4-5-9(11)12-7)13-10(15)3-2-6-14/h4-5,14H,2-3,6H2,1H3,(H,13,15). The highest BCUT2D eigenvalue weighted by Crippen LogP contribution is 2.16. The fraction of sp³-hybridized carbons (Fsp3) is 0.400. The number of rotatable bonds is 4. The lowest BCUT2D eigenvalue weighted by atomic mass is 10.2. The normalized spacial score (nSPS) is 10.1. The summed E-state index contributed by atoms with van der Waals surface area (Å²) < 4.78 is 0.744. The van der Waals surface area contributed by atoms with Crippen molar-refractivity contribution in [2.75, 3.05) is 11.9 Å². The van der Waals surface area contributed by atoms with Gasteiger partial charge < -0.3 is 10.4 Å². The van der Waals surface area contributed by atoms with Crippen LogP contribution in [-0.4, -0.2) is 22.6 Å². The molecule has 4 nitrogen and oxygen atoms in total. The average molecular weight is 273 g/mol. The first kappa shape index (κ1) is 12.1. The molecule has 82 valence electrons. The van der Waals surface area contributed by atoms with Crippen molar-refractivity contribution < 1.29 is 9.90 Å². The van der Waals surface area contributed by atoms with Crippen LogP contribution in [0.25, 0.3) is 0 Å². The van der Waals surface area contributed by atoms with Crippen molar-refractivity contribution in [1.29, 1.82) is 0 Å². The third-order valence-electron chi connectivity index (χ3n) is 1.89. The minimum Gasteiger partial charge on any atom is -0.396 e. The number of aliphatic hydroxyl groups is 1. The second kappa shape index (κ2) is 5.82. The van der Waals surface area contributed by atoms with Crippen LogP contribution in [0.3, 0.4) is 0 Å². The predicted octanol–water partition coefficient (Wildman–Crippen LogP) is 1.86. The lowest BCUT2D eigenvalue weighted by Crippen LogP contribution is -2.13. The molecule has 0 bridgehead atoms. The molecule has 0 fully saturated rings. The van der Waals surface area contributed by atoms with Crippen molar-refractivity contribution in [2.45, 2.75) is 19.8 Å². The van der Waals surface area contributed by atoms with E-state index in [1.165, 1.54) is 0 Å². The minimum absolute atomic E-state index is 0.0327. The van der Waals surface area contributed by atoms with Crippen LogP contribution in [0.4, 0.5) is 5.69 Å². The molecule has 0 spiro atoms. The van der Waals surface area contributed by atoms with E-state index in [2.05, 4.69) is 26.2 Å². The van der Waals surface area contributed by atoms with Gasteiger partial charge in [0.15, 0.2) is 0 Å². The molecule has 0 saturated carbocycles. The van der Waals surface area contributed by atoms with Gasteiger partial charge in [0.05, 0.1) is 11.4 Å². The Morgan fingerprint density at radius 3 is 2.93 bits per heavy atom. The van der Waals surface area contributed by atoms with Crippen LogP contribution >= 0.6 is 15.9 Å². The van der Waals surface area contributed by atoms with Gasteiger partial charge >= 0.3 is 0 Å². The summed E-state index contributed by atoms with van der Waals surface area (Å²) in [5, 5.41) is 11.3. The van der Waals surface area contributed by atoms with Crippen molar-refractivity contribution in [2.24, 2.45) is 0 Å². The van der Waals surface area contributed by atoms with Gasteiger partial charge in [0.1, 0.15) is 4.60 Å². The molecule has 1 aromatic heterocycles. The number of nitrogens with zero attached hydrogens (tertiary/aromatic N) is 1. The Labute approximate surface area is 96.8 Å². The predicted molar refractivity (Wildman–Crippen MR) is 61.6 cm³/mol. The molecule has 1 heterocycles. The minimum atomic E-state index is -0.101. The number of pyridine rings is 1. The molecule has 5 heteroatoms. The van der Waals surface area contributed by atoms with E-state index < -0.39 is 0 Å². The molecular formula is C10H13BrN2O2. The summed E-state index contributed by atoms with van der Waals surface area (Å²) in [6, 6.07) is 3.57. The Balaban J connectivity index is 2.60. The molecular weight excluding hydrogens is 260 g/mol. The molecule has 0 aliphatic carbocycles. The Kier molecular flexibility index (Phi) is 4.71. The van der Waals surface area contributed by atoms with E-state index in [1.54, 1.807) is 12.1 Å². The third-order valence-corrected chi connectivity index (χ3v) is 2.33. The van der Waals surface area contributed by atoms with E-state index in [0.717, 1.165) is 10.3 Å². The quantitative estimate of drug-likeness (QED) is 0.823. The zero-order valence-corrected chi connectivity index (χ0v) is 10.0. The van der Waals surface area contributed by atoms with Gasteiger partial charge in [0, 0.05) is 13.0 Å². The number of hydrogen-bond donors (Lipinski definition) is 2. The molecule has 0 saturated heterocycles. The van der Waals surface area contributed by atoms with Crippen LogP contribution in [0.2, 0.25) is 0 Å². The van der Waals surface area contributed by atoms with Crippen molar-refractivity contribution >= 4 is 27.5 Å². The Morgan fingerprint density at radius 2 is 2.33 bits per heavy atom. The number of aryl methyl sites for hydroxylation is 1. The average Bonchev–Trinajstić information content (AvgIpc) is 2.19. The summed E-state index contributed by atoms with van der Waals surface area (Å²) in [4.78, 5) is 15.5. The summed E-state index contributed by atoms with van der Waals surface area (Å²) in [6.07, 6.45) is 0.806. The summed E-state index contributed by atoms with van der Waals surface area (Å²) >= 11 is 3.25. The molecule has 0 unspecified atom stereocenters. The Bertz CT molecular complexity index is 355. The van der Waals surface area contributed by atoms with Gasteiger partial charge in [0.2, 0.25) is 5.91 Å².